The van der Waals surface area contributed by atoms with Crippen LogP contribution in [0.1, 0.15) is 33.5 Å². The second-order valence-corrected chi connectivity index (χ2v) is 7.41. The van der Waals surface area contributed by atoms with Gasteiger partial charge in [0, 0.05) is 24.7 Å². The fourth-order valence-electron chi connectivity index (χ4n) is 3.60. The maximum Gasteiger partial charge on any atom is 0.185 e. The highest BCUT2D eigenvalue weighted by Crippen LogP contribution is 2.45. The molecule has 2 aromatic carbocycles. The molecule has 0 atom stereocenters. The molecule has 158 valence electrons. The van der Waals surface area contributed by atoms with E-state index >= 15 is 0 Å². The first kappa shape index (κ1) is 21.7. The number of likely N-dealkylation sites (N-methyl/N-ethyl adjacent to an activating group) is 1. The molecule has 0 unspecified atom stereocenters. The third-order valence-corrected chi connectivity index (χ3v) is 5.36. The number of methoxy groups -OCH3 is 3. The van der Waals surface area contributed by atoms with Crippen LogP contribution in [-0.2, 0) is 0 Å². The Morgan fingerprint density at radius 3 is 2.30 bits per heavy atom. The lowest BCUT2D eigenvalue weighted by Crippen LogP contribution is -2.24. The van der Waals surface area contributed by atoms with Crippen molar-refractivity contribution in [2.45, 2.75) is 13.3 Å². The molecule has 5 heteroatoms. The van der Waals surface area contributed by atoms with E-state index < -0.39 is 0 Å². The molecular weight excluding hydrogens is 378 g/mol. The minimum absolute atomic E-state index is 0.0741. The van der Waals surface area contributed by atoms with E-state index in [0.29, 0.717) is 22.8 Å². The lowest BCUT2D eigenvalue weighted by Gasteiger charge is -2.25. The summed E-state index contributed by atoms with van der Waals surface area (Å²) in [6, 6.07) is 9.38. The van der Waals surface area contributed by atoms with Crippen LogP contribution >= 0.6 is 0 Å². The minimum Gasteiger partial charge on any atom is -0.496 e. The van der Waals surface area contributed by atoms with Gasteiger partial charge in [0.25, 0.3) is 0 Å². The number of ketones is 1. The van der Waals surface area contributed by atoms with E-state index in [1.807, 2.05) is 37.3 Å². The van der Waals surface area contributed by atoms with Crippen molar-refractivity contribution >= 4 is 17.4 Å². The number of benzene rings is 2. The number of allylic oxidation sites excluding steroid dienone is 1. The molecule has 1 aliphatic rings. The van der Waals surface area contributed by atoms with Crippen LogP contribution in [0.2, 0.25) is 0 Å². The zero-order valence-corrected chi connectivity index (χ0v) is 18.3. The number of ether oxygens (including phenoxy) is 3. The summed E-state index contributed by atoms with van der Waals surface area (Å²) in [6.45, 7) is 3.82. The van der Waals surface area contributed by atoms with Gasteiger partial charge >= 0.3 is 0 Å². The average molecular weight is 408 g/mol. The number of nitrogens with zero attached hydrogens (tertiary/aromatic N) is 1. The predicted molar refractivity (Wildman–Crippen MR) is 121 cm³/mol. The predicted octanol–water partition coefficient (Wildman–Crippen LogP) is 4.64. The third-order valence-electron chi connectivity index (χ3n) is 5.36. The van der Waals surface area contributed by atoms with Gasteiger partial charge in [0.2, 0.25) is 0 Å². The average Bonchev–Trinajstić information content (AvgIpc) is 2.77. The Morgan fingerprint density at radius 1 is 1.03 bits per heavy atom. The summed E-state index contributed by atoms with van der Waals surface area (Å²) in [7, 11) is 6.97. The Labute approximate surface area is 178 Å². The monoisotopic (exact) mass is 407 g/mol. The second-order valence-electron chi connectivity index (χ2n) is 7.41. The maximum absolute atomic E-state index is 12.7. The maximum atomic E-state index is 12.7. The Kier molecular flexibility index (Phi) is 6.95. The first-order valence-electron chi connectivity index (χ1n) is 9.98. The SMILES string of the molecule is COc1cc(OC)c(C2=CCN(C)CC2)c(OC)c1/C=C/C(=O)c1ccc(C)cc1. The van der Waals surface area contributed by atoms with Crippen LogP contribution < -0.4 is 14.2 Å². The number of carbonyl (C=O) groups excluding carboxylic acids is 1. The van der Waals surface area contributed by atoms with Crippen molar-refractivity contribution in [3.63, 3.8) is 0 Å². The molecule has 0 aliphatic carbocycles. The minimum atomic E-state index is -0.0741. The summed E-state index contributed by atoms with van der Waals surface area (Å²) in [6.07, 6.45) is 6.41. The van der Waals surface area contributed by atoms with Gasteiger partial charge < -0.3 is 19.1 Å². The van der Waals surface area contributed by atoms with E-state index in [9.17, 15) is 4.79 Å². The number of hydrogen-bond donors (Lipinski definition) is 0. The molecule has 0 saturated carbocycles. The van der Waals surface area contributed by atoms with Crippen molar-refractivity contribution in [2.75, 3.05) is 41.5 Å². The quantitative estimate of drug-likeness (QED) is 0.494. The Hall–Kier alpha value is -3.05. The number of carbonyl (C=O) groups is 1. The summed E-state index contributed by atoms with van der Waals surface area (Å²) in [5.74, 6) is 1.86. The van der Waals surface area contributed by atoms with Crippen molar-refractivity contribution in [3.8, 4) is 17.2 Å². The van der Waals surface area contributed by atoms with E-state index in [1.165, 1.54) is 5.57 Å². The summed E-state index contributed by atoms with van der Waals surface area (Å²) in [5.41, 5.74) is 4.56. The van der Waals surface area contributed by atoms with Gasteiger partial charge in [0.15, 0.2) is 5.78 Å². The van der Waals surface area contributed by atoms with Crippen molar-refractivity contribution in [3.05, 3.63) is 64.7 Å². The zero-order chi connectivity index (χ0) is 21.7. The van der Waals surface area contributed by atoms with Gasteiger partial charge in [-0.1, -0.05) is 35.9 Å². The van der Waals surface area contributed by atoms with Gasteiger partial charge in [-0.05, 0) is 38.1 Å². The second kappa shape index (κ2) is 9.63. The van der Waals surface area contributed by atoms with Crippen LogP contribution in [0.5, 0.6) is 17.2 Å². The molecule has 0 aromatic heterocycles. The van der Waals surface area contributed by atoms with Crippen molar-refractivity contribution < 1.29 is 19.0 Å². The third kappa shape index (κ3) is 4.57. The molecule has 3 rings (SSSR count). The van der Waals surface area contributed by atoms with Gasteiger partial charge in [0.05, 0.1) is 32.5 Å². The number of rotatable bonds is 7. The van der Waals surface area contributed by atoms with E-state index in [-0.39, 0.29) is 5.78 Å². The fourth-order valence-corrected chi connectivity index (χ4v) is 3.60. The van der Waals surface area contributed by atoms with Crippen LogP contribution in [0.3, 0.4) is 0 Å². The van der Waals surface area contributed by atoms with Crippen LogP contribution in [0, 0.1) is 6.92 Å². The normalized spacial score (nSPS) is 14.5. The highest BCUT2D eigenvalue weighted by atomic mass is 16.5. The van der Waals surface area contributed by atoms with Crippen molar-refractivity contribution in [1.29, 1.82) is 0 Å². The highest BCUT2D eigenvalue weighted by Gasteiger charge is 2.23. The molecule has 1 aliphatic heterocycles. The summed E-state index contributed by atoms with van der Waals surface area (Å²) >= 11 is 0. The van der Waals surface area contributed by atoms with Crippen molar-refractivity contribution in [2.24, 2.45) is 0 Å². The van der Waals surface area contributed by atoms with E-state index in [4.69, 9.17) is 14.2 Å². The first-order chi connectivity index (χ1) is 14.5. The van der Waals surface area contributed by atoms with Crippen LogP contribution in [0.25, 0.3) is 11.6 Å². The van der Waals surface area contributed by atoms with Gasteiger partial charge in [-0.15, -0.1) is 0 Å². The Bertz CT molecular complexity index is 974. The molecule has 5 nitrogen and oxygen atoms in total. The van der Waals surface area contributed by atoms with Crippen LogP contribution in [0.4, 0.5) is 0 Å². The van der Waals surface area contributed by atoms with Gasteiger partial charge in [-0.25, -0.2) is 0 Å². The molecule has 0 bridgehead atoms. The molecule has 1 heterocycles. The van der Waals surface area contributed by atoms with Gasteiger partial charge in [0.1, 0.15) is 17.2 Å². The summed E-state index contributed by atoms with van der Waals surface area (Å²) < 4.78 is 17.1. The standard InChI is InChI=1S/C25H29NO4/c1-17-6-8-18(9-7-17)21(27)11-10-20-22(28-3)16-23(29-4)24(25(20)30-5)19-12-14-26(2)15-13-19/h6-12,16H,13-15H2,1-5H3/b11-10+. The number of aryl methyl sites for hydroxylation is 1. The van der Waals surface area contributed by atoms with Crippen molar-refractivity contribution in [1.82, 2.24) is 4.90 Å². The molecular formula is C25H29NO4. The topological polar surface area (TPSA) is 48.0 Å². The molecule has 2 aromatic rings. The van der Waals surface area contributed by atoms with Gasteiger partial charge in [-0.3, -0.25) is 4.79 Å². The molecule has 30 heavy (non-hydrogen) atoms. The van der Waals surface area contributed by atoms with Crippen LogP contribution in [-0.4, -0.2) is 52.1 Å². The van der Waals surface area contributed by atoms with E-state index in [1.54, 1.807) is 33.5 Å². The first-order valence-corrected chi connectivity index (χ1v) is 9.98. The highest BCUT2D eigenvalue weighted by molar-refractivity contribution is 6.07. The molecule has 0 radical (unpaired) electrons. The Balaban J connectivity index is 2.07. The fraction of sp³-hybridized carbons (Fsp3) is 0.320. The number of hydrogen-bond acceptors (Lipinski definition) is 5. The molecule has 0 fully saturated rings. The lowest BCUT2D eigenvalue weighted by atomic mass is 9.94. The van der Waals surface area contributed by atoms with E-state index in [0.717, 1.165) is 36.2 Å². The van der Waals surface area contributed by atoms with Crippen LogP contribution in [0.15, 0.2) is 42.5 Å². The van der Waals surface area contributed by atoms with E-state index in [2.05, 4.69) is 18.0 Å². The summed E-state index contributed by atoms with van der Waals surface area (Å²) in [5, 5.41) is 0. The zero-order valence-electron chi connectivity index (χ0n) is 18.3. The molecule has 0 saturated heterocycles. The largest absolute Gasteiger partial charge is 0.496 e. The molecule has 0 amide bonds. The smallest absolute Gasteiger partial charge is 0.185 e. The van der Waals surface area contributed by atoms with Gasteiger partial charge in [-0.2, -0.15) is 0 Å². The lowest BCUT2D eigenvalue weighted by molar-refractivity contribution is 0.104. The summed E-state index contributed by atoms with van der Waals surface area (Å²) in [4.78, 5) is 14.9. The molecule has 0 N–H and O–H groups in total. The Morgan fingerprint density at radius 2 is 1.73 bits per heavy atom. The molecule has 0 spiro atoms.